The number of allylic oxidation sites excluding steroid dienone is 7. The highest BCUT2D eigenvalue weighted by molar-refractivity contribution is 5.72. The Balaban J connectivity index is 4.41. The minimum absolute atomic E-state index is 0.0300. The molecule has 0 aromatic rings. The van der Waals surface area contributed by atoms with Gasteiger partial charge in [0.2, 0.25) is 0 Å². The number of hydrogen-bond donors (Lipinski definition) is 1. The number of carbonyl (C=O) groups is 3. The number of likely N-dealkylation sites (N-methyl/N-ethyl adjacent to an activating group) is 1. The fraction of sp³-hybridized carbons (Fsp3) is 0.744. The number of carboxylic acids is 1. The summed E-state index contributed by atoms with van der Waals surface area (Å²) in [5.41, 5.74) is 0. The Bertz CT molecular complexity index is 979. The van der Waals surface area contributed by atoms with Gasteiger partial charge in [-0.3, -0.25) is 9.59 Å². The normalized spacial score (nSPS) is 13.5. The third-order valence-electron chi connectivity index (χ3n) is 8.75. The van der Waals surface area contributed by atoms with E-state index >= 15 is 0 Å². The molecule has 0 spiro atoms. The van der Waals surface area contributed by atoms with Crippen LogP contribution in [0, 0.1) is 0 Å². The molecule has 1 N–H and O–H groups in total. The van der Waals surface area contributed by atoms with E-state index in [1.165, 1.54) is 70.6 Å². The van der Waals surface area contributed by atoms with Gasteiger partial charge in [0.05, 0.1) is 40.8 Å². The molecule has 8 heteroatoms. The van der Waals surface area contributed by atoms with Gasteiger partial charge in [-0.05, 0) is 51.4 Å². The highest BCUT2D eigenvalue weighted by Gasteiger charge is 2.31. The van der Waals surface area contributed by atoms with Crippen molar-refractivity contribution in [3.05, 3.63) is 48.6 Å². The van der Waals surface area contributed by atoms with Crippen molar-refractivity contribution in [1.82, 2.24) is 0 Å². The first-order valence-electron chi connectivity index (χ1n) is 20.2. The Morgan fingerprint density at radius 1 is 0.627 bits per heavy atom. The van der Waals surface area contributed by atoms with E-state index in [0.29, 0.717) is 12.8 Å². The second kappa shape index (κ2) is 34.4. The van der Waals surface area contributed by atoms with Crippen molar-refractivity contribution in [2.24, 2.45) is 0 Å². The number of esters is 2. The van der Waals surface area contributed by atoms with Gasteiger partial charge in [-0.15, -0.1) is 0 Å². The van der Waals surface area contributed by atoms with Gasteiger partial charge < -0.3 is 23.8 Å². The zero-order chi connectivity index (χ0) is 37.8. The molecule has 0 fully saturated rings. The summed E-state index contributed by atoms with van der Waals surface area (Å²) >= 11 is 0. The van der Waals surface area contributed by atoms with Crippen molar-refractivity contribution >= 4 is 17.9 Å². The first kappa shape index (κ1) is 48.3. The Kier molecular flexibility index (Phi) is 32.6. The Morgan fingerprint density at radius 3 is 1.71 bits per heavy atom. The quantitative estimate of drug-likeness (QED) is 0.0301. The molecule has 51 heavy (non-hydrogen) atoms. The number of unbranched alkanes of at least 4 members (excludes halogenated alkanes) is 14. The molecule has 2 unspecified atom stereocenters. The summed E-state index contributed by atoms with van der Waals surface area (Å²) in [7, 11) is 5.49. The molecule has 2 atom stereocenters. The summed E-state index contributed by atoms with van der Waals surface area (Å²) in [4.78, 5) is 36.7. The maximum Gasteiger partial charge on any atom is 0.362 e. The zero-order valence-electron chi connectivity index (χ0n) is 33.3. The first-order chi connectivity index (χ1) is 24.6. The van der Waals surface area contributed by atoms with Gasteiger partial charge in [0.15, 0.2) is 12.1 Å². The van der Waals surface area contributed by atoms with Crippen LogP contribution in [0.3, 0.4) is 0 Å². The standard InChI is InChI=1S/C43H75NO7/c1-6-8-10-12-14-16-17-18-19-20-21-22-23-24-26-28-30-32-34-42(46)51-39(37-49-36-35-40(43(47)48)44(3,4)5)38-50-41(45)33-31-29-27-25-15-13-11-9-7-2/h9,11,15,21-22,25,29,31,39-40H,6-8,10,12-14,16-20,23-24,26-28,30,32-38H2,1-5H3/p+1/b11-9+,22-21+,25-15+,31-29+. The Morgan fingerprint density at radius 2 is 1.16 bits per heavy atom. The van der Waals surface area contributed by atoms with Crippen LogP contribution in [0.2, 0.25) is 0 Å². The number of carboxylic acid groups (broad SMARTS) is 1. The molecular weight excluding hydrogens is 642 g/mol. The third-order valence-corrected chi connectivity index (χ3v) is 8.75. The highest BCUT2D eigenvalue weighted by Crippen LogP contribution is 2.13. The topological polar surface area (TPSA) is 99.1 Å². The van der Waals surface area contributed by atoms with E-state index in [-0.39, 0.29) is 36.7 Å². The van der Waals surface area contributed by atoms with Gasteiger partial charge in [0, 0.05) is 12.8 Å². The molecule has 0 aromatic carbocycles. The van der Waals surface area contributed by atoms with E-state index in [1.807, 2.05) is 27.2 Å². The van der Waals surface area contributed by atoms with Gasteiger partial charge in [0.25, 0.3) is 0 Å². The largest absolute Gasteiger partial charge is 0.477 e. The summed E-state index contributed by atoms with van der Waals surface area (Å²) in [5.74, 6) is -1.63. The van der Waals surface area contributed by atoms with Crippen LogP contribution in [-0.4, -0.2) is 80.6 Å². The fourth-order valence-corrected chi connectivity index (χ4v) is 5.62. The third kappa shape index (κ3) is 32.9. The van der Waals surface area contributed by atoms with E-state index < -0.39 is 24.1 Å². The summed E-state index contributed by atoms with van der Waals surface area (Å²) in [6, 6.07) is -0.626. The van der Waals surface area contributed by atoms with E-state index in [2.05, 4.69) is 50.3 Å². The first-order valence-corrected chi connectivity index (χ1v) is 20.2. The SMILES string of the molecule is CC/C=C/C/C=C/C/C=C/CC(=O)OCC(COCCC(C(=O)O)[N+](C)(C)C)OC(=O)CCCCCCC/C=C/CCCCCCCCCCC. The highest BCUT2D eigenvalue weighted by atomic mass is 16.6. The Labute approximate surface area is 312 Å². The van der Waals surface area contributed by atoms with Crippen LogP contribution in [0.1, 0.15) is 155 Å². The van der Waals surface area contributed by atoms with Crippen LogP contribution in [-0.2, 0) is 28.6 Å². The van der Waals surface area contributed by atoms with Gasteiger partial charge in [-0.25, -0.2) is 4.79 Å². The summed E-state index contributed by atoms with van der Waals surface area (Å²) in [5, 5.41) is 9.58. The monoisotopic (exact) mass is 719 g/mol. The van der Waals surface area contributed by atoms with Gasteiger partial charge in [-0.1, -0.05) is 133 Å². The van der Waals surface area contributed by atoms with Crippen LogP contribution >= 0.6 is 0 Å². The van der Waals surface area contributed by atoms with Crippen molar-refractivity contribution in [3.63, 3.8) is 0 Å². The zero-order valence-corrected chi connectivity index (χ0v) is 33.3. The fourth-order valence-electron chi connectivity index (χ4n) is 5.62. The lowest BCUT2D eigenvalue weighted by Gasteiger charge is -2.31. The lowest BCUT2D eigenvalue weighted by atomic mass is 10.1. The lowest BCUT2D eigenvalue weighted by molar-refractivity contribution is -0.887. The van der Waals surface area contributed by atoms with Crippen molar-refractivity contribution in [1.29, 1.82) is 0 Å². The number of quaternary nitrogens is 1. The smallest absolute Gasteiger partial charge is 0.362 e. The lowest BCUT2D eigenvalue weighted by Crippen LogP contribution is -2.50. The second-order valence-corrected chi connectivity index (χ2v) is 14.5. The molecule has 0 saturated heterocycles. The Hall–Kier alpha value is -2.71. The maximum absolute atomic E-state index is 12.7. The van der Waals surface area contributed by atoms with Gasteiger partial charge in [0.1, 0.15) is 6.61 Å². The average molecular weight is 719 g/mol. The van der Waals surface area contributed by atoms with E-state index in [9.17, 15) is 19.5 Å². The number of hydrogen-bond acceptors (Lipinski definition) is 6. The van der Waals surface area contributed by atoms with Crippen LogP contribution in [0.25, 0.3) is 0 Å². The molecule has 0 aromatic heterocycles. The van der Waals surface area contributed by atoms with Crippen LogP contribution in [0.5, 0.6) is 0 Å². The van der Waals surface area contributed by atoms with Crippen LogP contribution in [0.15, 0.2) is 48.6 Å². The van der Waals surface area contributed by atoms with Crippen molar-refractivity contribution in [3.8, 4) is 0 Å². The predicted octanol–water partition coefficient (Wildman–Crippen LogP) is 10.5. The molecule has 8 nitrogen and oxygen atoms in total. The number of rotatable bonds is 35. The van der Waals surface area contributed by atoms with Crippen molar-refractivity contribution < 1.29 is 38.2 Å². The van der Waals surface area contributed by atoms with E-state index in [1.54, 1.807) is 6.08 Å². The molecule has 0 heterocycles. The van der Waals surface area contributed by atoms with Gasteiger partial charge >= 0.3 is 17.9 Å². The molecule has 0 aliphatic carbocycles. The number of ether oxygens (including phenoxy) is 3. The van der Waals surface area contributed by atoms with Gasteiger partial charge in [-0.2, -0.15) is 0 Å². The minimum atomic E-state index is -0.888. The van der Waals surface area contributed by atoms with E-state index in [0.717, 1.165) is 51.4 Å². The molecule has 0 saturated carbocycles. The number of nitrogens with zero attached hydrogens (tertiary/aromatic N) is 1. The van der Waals surface area contributed by atoms with Crippen LogP contribution in [0.4, 0.5) is 0 Å². The summed E-state index contributed by atoms with van der Waals surface area (Å²) in [6.07, 6.45) is 39.1. The molecule has 0 aliphatic rings. The molecule has 0 amide bonds. The summed E-state index contributed by atoms with van der Waals surface area (Å²) < 4.78 is 17.1. The molecular formula is C43H76NO7+. The molecule has 0 aliphatic heterocycles. The number of aliphatic carboxylic acids is 1. The molecule has 0 rings (SSSR count). The molecule has 0 bridgehead atoms. The molecule has 294 valence electrons. The predicted molar refractivity (Wildman–Crippen MR) is 211 cm³/mol. The second-order valence-electron chi connectivity index (χ2n) is 14.5. The van der Waals surface area contributed by atoms with Crippen LogP contribution < -0.4 is 0 Å². The number of carbonyl (C=O) groups excluding carboxylic acids is 2. The van der Waals surface area contributed by atoms with Crippen molar-refractivity contribution in [2.75, 3.05) is 41.0 Å². The molecule has 0 radical (unpaired) electrons. The summed E-state index contributed by atoms with van der Waals surface area (Å²) in [6.45, 7) is 4.48. The van der Waals surface area contributed by atoms with E-state index in [4.69, 9.17) is 14.2 Å². The minimum Gasteiger partial charge on any atom is -0.477 e. The average Bonchev–Trinajstić information content (AvgIpc) is 3.08. The van der Waals surface area contributed by atoms with Crippen molar-refractivity contribution in [2.45, 2.75) is 167 Å². The maximum atomic E-state index is 12.7.